The average Bonchev–Trinajstić information content (AvgIpc) is 3.27. The Morgan fingerprint density at radius 2 is 1.97 bits per heavy atom. The number of nitrogens with zero attached hydrogens (tertiary/aromatic N) is 4. The van der Waals surface area contributed by atoms with Gasteiger partial charge in [0.25, 0.3) is 5.91 Å². The lowest BCUT2D eigenvalue weighted by molar-refractivity contribution is -0.143. The van der Waals surface area contributed by atoms with Crippen LogP contribution >= 0.6 is 11.3 Å². The van der Waals surface area contributed by atoms with E-state index >= 15 is 0 Å². The van der Waals surface area contributed by atoms with Gasteiger partial charge in [-0.15, -0.1) is 0 Å². The molecule has 3 aromatic rings. The van der Waals surface area contributed by atoms with Gasteiger partial charge in [-0.1, -0.05) is 31.3 Å². The van der Waals surface area contributed by atoms with Crippen molar-refractivity contribution in [3.8, 4) is 0 Å². The zero-order chi connectivity index (χ0) is 21.1. The number of hydrogen-bond donors (Lipinski definition) is 0. The van der Waals surface area contributed by atoms with Gasteiger partial charge in [-0.05, 0) is 50.5 Å². The number of rotatable bonds is 6. The first kappa shape index (κ1) is 21.0. The van der Waals surface area contributed by atoms with E-state index in [4.69, 9.17) is 4.74 Å². The topological polar surface area (TPSA) is 78.5 Å². The predicted molar refractivity (Wildman–Crippen MR) is 113 cm³/mol. The molecule has 1 amide bonds. The first-order valence-corrected chi connectivity index (χ1v) is 10.5. The number of carbonyl (C=O) groups excluding carboxylic acids is 2. The Morgan fingerprint density at radius 3 is 2.62 bits per heavy atom. The highest BCUT2D eigenvalue weighted by molar-refractivity contribution is 7.16. The van der Waals surface area contributed by atoms with Gasteiger partial charge in [0, 0.05) is 12.2 Å². The molecule has 0 aliphatic carbocycles. The van der Waals surface area contributed by atoms with Crippen molar-refractivity contribution in [3.05, 3.63) is 46.5 Å². The Morgan fingerprint density at radius 1 is 1.21 bits per heavy atom. The maximum Gasteiger partial charge on any atom is 0.326 e. The van der Waals surface area contributed by atoms with E-state index < -0.39 is 0 Å². The summed E-state index contributed by atoms with van der Waals surface area (Å²) in [4.78, 5) is 29.8. The van der Waals surface area contributed by atoms with Crippen molar-refractivity contribution in [1.29, 1.82) is 0 Å². The summed E-state index contributed by atoms with van der Waals surface area (Å²) in [5.41, 5.74) is 2.47. The first-order chi connectivity index (χ1) is 13.8. The lowest BCUT2D eigenvalue weighted by Gasteiger charge is -2.08. The van der Waals surface area contributed by atoms with Crippen LogP contribution in [0.5, 0.6) is 0 Å². The Hall–Kier alpha value is -2.74. The number of benzene rings is 1. The monoisotopic (exact) mass is 414 g/mol. The van der Waals surface area contributed by atoms with Gasteiger partial charge in [-0.25, -0.2) is 0 Å². The molecule has 3 rings (SSSR count). The standard InChI is InChI=1S/C21H26N4O3S/c1-6-28-19(26)12-24-16-8-7-15(13(2)3)11-18(16)29-21(24)23-20(27)17-9-10-22-25(17)14(4)5/h7-11,13-14H,6,12H2,1-5H3. The fraction of sp³-hybridized carbons (Fsp3) is 0.429. The average molecular weight is 415 g/mol. The molecule has 154 valence electrons. The van der Waals surface area contributed by atoms with Gasteiger partial charge in [0.2, 0.25) is 0 Å². The Bertz CT molecular complexity index is 1100. The van der Waals surface area contributed by atoms with Gasteiger partial charge < -0.3 is 9.30 Å². The van der Waals surface area contributed by atoms with Crippen LogP contribution in [-0.4, -0.2) is 32.8 Å². The second-order valence-corrected chi connectivity index (χ2v) is 8.34. The Balaban J connectivity index is 2.13. The molecule has 1 aromatic carbocycles. The molecule has 0 atom stereocenters. The summed E-state index contributed by atoms with van der Waals surface area (Å²) in [7, 11) is 0. The molecule has 8 heteroatoms. The second kappa shape index (κ2) is 8.73. The van der Waals surface area contributed by atoms with Crippen molar-refractivity contribution in [2.75, 3.05) is 6.61 Å². The number of thiazole rings is 1. The number of amides is 1. The largest absolute Gasteiger partial charge is 0.465 e. The zero-order valence-electron chi connectivity index (χ0n) is 17.4. The minimum absolute atomic E-state index is 0.00439. The molecule has 0 spiro atoms. The van der Waals surface area contributed by atoms with Crippen LogP contribution in [0.15, 0.2) is 35.5 Å². The van der Waals surface area contributed by atoms with E-state index in [1.807, 2.05) is 26.0 Å². The lowest BCUT2D eigenvalue weighted by atomic mass is 10.0. The van der Waals surface area contributed by atoms with Crippen molar-refractivity contribution in [3.63, 3.8) is 0 Å². The van der Waals surface area contributed by atoms with Crippen molar-refractivity contribution >= 4 is 33.4 Å². The fourth-order valence-corrected chi connectivity index (χ4v) is 4.14. The van der Waals surface area contributed by atoms with Crippen LogP contribution in [0.3, 0.4) is 0 Å². The fourth-order valence-electron chi connectivity index (χ4n) is 3.06. The van der Waals surface area contributed by atoms with E-state index in [0.717, 1.165) is 10.2 Å². The van der Waals surface area contributed by atoms with Crippen LogP contribution in [0, 0.1) is 0 Å². The molecule has 29 heavy (non-hydrogen) atoms. The third kappa shape index (κ3) is 4.48. The van der Waals surface area contributed by atoms with E-state index in [9.17, 15) is 9.59 Å². The maximum atomic E-state index is 12.9. The quantitative estimate of drug-likeness (QED) is 0.573. The summed E-state index contributed by atoms with van der Waals surface area (Å²) in [5, 5.41) is 4.21. The zero-order valence-corrected chi connectivity index (χ0v) is 18.2. The molecule has 2 aromatic heterocycles. The van der Waals surface area contributed by atoms with Crippen LogP contribution in [0.2, 0.25) is 0 Å². The first-order valence-electron chi connectivity index (χ1n) is 9.73. The van der Waals surface area contributed by atoms with Gasteiger partial charge >= 0.3 is 5.97 Å². The van der Waals surface area contributed by atoms with Crippen LogP contribution in [0.1, 0.15) is 62.6 Å². The maximum absolute atomic E-state index is 12.9. The summed E-state index contributed by atoms with van der Waals surface area (Å²) in [5.74, 6) is -0.367. The lowest BCUT2D eigenvalue weighted by Crippen LogP contribution is -2.23. The van der Waals surface area contributed by atoms with Crippen molar-refractivity contribution in [1.82, 2.24) is 14.3 Å². The van der Waals surface area contributed by atoms with E-state index in [1.165, 1.54) is 16.9 Å². The summed E-state index contributed by atoms with van der Waals surface area (Å²) in [6.45, 7) is 10.2. The third-order valence-corrected chi connectivity index (χ3v) is 5.58. The molecule has 0 fully saturated rings. The SMILES string of the molecule is CCOC(=O)Cn1c(=NC(=O)c2ccnn2C(C)C)sc2cc(C(C)C)ccc21. The molecule has 0 bridgehead atoms. The van der Waals surface area contributed by atoms with E-state index in [1.54, 1.807) is 28.4 Å². The summed E-state index contributed by atoms with van der Waals surface area (Å²) < 4.78 is 9.48. The molecular formula is C21H26N4O3S. The van der Waals surface area contributed by atoms with Crippen LogP contribution in [0.4, 0.5) is 0 Å². The number of ether oxygens (including phenoxy) is 1. The Labute approximate surface area is 173 Å². The summed E-state index contributed by atoms with van der Waals surface area (Å²) in [6.07, 6.45) is 1.59. The Kier molecular flexibility index (Phi) is 6.32. The van der Waals surface area contributed by atoms with Crippen LogP contribution in [0.25, 0.3) is 10.2 Å². The second-order valence-electron chi connectivity index (χ2n) is 7.33. The van der Waals surface area contributed by atoms with E-state index in [-0.39, 0.29) is 24.5 Å². The molecule has 0 saturated heterocycles. The highest BCUT2D eigenvalue weighted by Crippen LogP contribution is 2.24. The molecule has 2 heterocycles. The third-order valence-electron chi connectivity index (χ3n) is 4.54. The molecular weight excluding hydrogens is 388 g/mol. The minimum Gasteiger partial charge on any atom is -0.465 e. The van der Waals surface area contributed by atoms with Gasteiger partial charge in [-0.2, -0.15) is 10.1 Å². The molecule has 0 aliphatic heterocycles. The van der Waals surface area contributed by atoms with Gasteiger partial charge in [0.05, 0.1) is 16.8 Å². The van der Waals surface area contributed by atoms with Crippen molar-refractivity contribution < 1.29 is 14.3 Å². The molecule has 0 unspecified atom stereocenters. The number of carbonyl (C=O) groups is 2. The highest BCUT2D eigenvalue weighted by Gasteiger charge is 2.16. The van der Waals surface area contributed by atoms with Crippen molar-refractivity contribution in [2.24, 2.45) is 4.99 Å². The molecule has 7 nitrogen and oxygen atoms in total. The summed E-state index contributed by atoms with van der Waals surface area (Å²) >= 11 is 1.39. The molecule has 0 radical (unpaired) electrons. The van der Waals surface area contributed by atoms with Gasteiger partial charge in [-0.3, -0.25) is 14.3 Å². The highest BCUT2D eigenvalue weighted by atomic mass is 32.1. The van der Waals surface area contributed by atoms with Crippen molar-refractivity contribution in [2.45, 2.75) is 53.1 Å². The van der Waals surface area contributed by atoms with Gasteiger partial charge in [0.15, 0.2) is 4.80 Å². The van der Waals surface area contributed by atoms with Crippen LogP contribution < -0.4 is 4.80 Å². The molecule has 0 N–H and O–H groups in total. The van der Waals surface area contributed by atoms with Gasteiger partial charge in [0.1, 0.15) is 12.2 Å². The summed E-state index contributed by atoms with van der Waals surface area (Å²) in [6, 6.07) is 7.81. The number of esters is 1. The van der Waals surface area contributed by atoms with E-state index in [0.29, 0.717) is 23.0 Å². The smallest absolute Gasteiger partial charge is 0.326 e. The normalized spacial score (nSPS) is 12.3. The number of aromatic nitrogens is 3. The number of hydrogen-bond acceptors (Lipinski definition) is 5. The molecule has 0 aliphatic rings. The van der Waals surface area contributed by atoms with Crippen LogP contribution in [-0.2, 0) is 16.1 Å². The number of fused-ring (bicyclic) bond motifs is 1. The molecule has 0 saturated carbocycles. The van der Waals surface area contributed by atoms with E-state index in [2.05, 4.69) is 30.0 Å². The predicted octanol–water partition coefficient (Wildman–Crippen LogP) is 3.91. The minimum atomic E-state index is -0.385.